The van der Waals surface area contributed by atoms with Crippen molar-refractivity contribution < 1.29 is 0 Å². The Morgan fingerprint density at radius 2 is 1.25 bits per heavy atom. The summed E-state index contributed by atoms with van der Waals surface area (Å²) in [5.41, 5.74) is -0.775. The Kier molecular flexibility index (Phi) is 8.74. The molecule has 0 atom stereocenters. The number of hydrogen-bond acceptors (Lipinski definition) is 0. The zero-order chi connectivity index (χ0) is 9.83. The van der Waals surface area contributed by atoms with Gasteiger partial charge in [-0.15, -0.1) is 21.8 Å². The van der Waals surface area contributed by atoms with Gasteiger partial charge in [-0.3, -0.25) is 0 Å². The summed E-state index contributed by atoms with van der Waals surface area (Å²) in [5.74, 6) is 0. The van der Waals surface area contributed by atoms with Crippen LogP contribution < -0.4 is 0 Å². The average molecular weight is 650 g/mol. The van der Waals surface area contributed by atoms with Gasteiger partial charge in [0.2, 0.25) is 0 Å². The first kappa shape index (κ1) is 15.4. The Labute approximate surface area is 129 Å². The average Bonchev–Trinajstić information content (AvgIpc) is 1.76. The molecule has 0 unspecified atom stereocenters. The summed E-state index contributed by atoms with van der Waals surface area (Å²) in [7, 11) is 0. The summed E-state index contributed by atoms with van der Waals surface area (Å²) in [6.45, 7) is 4.91. The van der Waals surface area contributed by atoms with E-state index in [1.165, 1.54) is 24.9 Å². The second kappa shape index (κ2) is 6.83. The molecular formula is C6H14I4Si2. The summed E-state index contributed by atoms with van der Waals surface area (Å²) in [4.78, 5) is 0. The second-order valence-electron chi connectivity index (χ2n) is 3.54. The molecule has 0 amide bonds. The van der Waals surface area contributed by atoms with Crippen LogP contribution in [0.2, 0.25) is 25.2 Å². The van der Waals surface area contributed by atoms with Crippen molar-refractivity contribution in [1.82, 2.24) is 0 Å². The molecule has 0 saturated heterocycles. The summed E-state index contributed by atoms with van der Waals surface area (Å²) in [6, 6.07) is 2.98. The molecule has 0 fully saturated rings. The monoisotopic (exact) mass is 650 g/mol. The molecule has 0 N–H and O–H groups in total. The van der Waals surface area contributed by atoms with Gasteiger partial charge >= 0.3 is 0 Å². The minimum atomic E-state index is -0.831. The van der Waals surface area contributed by atoms with E-state index in [4.69, 9.17) is 0 Å². The third kappa shape index (κ3) is 13.4. The van der Waals surface area contributed by atoms with E-state index >= 15 is 0 Å². The van der Waals surface area contributed by atoms with Crippen molar-refractivity contribution >= 4 is 93.3 Å². The lowest BCUT2D eigenvalue weighted by molar-refractivity contribution is 0.871. The SMILES string of the molecule is C[Si](C)(I)CCCC[Si](I)(I)I. The maximum Gasteiger partial charge on any atom is 0.253 e. The van der Waals surface area contributed by atoms with Gasteiger partial charge in [0.25, 0.3) is 0.564 Å². The first-order valence-electron chi connectivity index (χ1n) is 3.96. The smallest absolute Gasteiger partial charge is 0.119 e. The lowest BCUT2D eigenvalue weighted by atomic mass is 10.4. The summed E-state index contributed by atoms with van der Waals surface area (Å²) in [6.07, 6.45) is 2.92. The van der Waals surface area contributed by atoms with Crippen molar-refractivity contribution in [3.8, 4) is 0 Å². The summed E-state index contributed by atoms with van der Waals surface area (Å²) >= 11 is 10.7. The van der Waals surface area contributed by atoms with Crippen LogP contribution in [0.5, 0.6) is 0 Å². The molecule has 0 aliphatic rings. The molecule has 0 aromatic rings. The third-order valence-corrected chi connectivity index (χ3v) is 10.4. The highest BCUT2D eigenvalue weighted by atomic mass is 127. The van der Waals surface area contributed by atoms with Crippen LogP contribution >= 0.6 is 87.2 Å². The van der Waals surface area contributed by atoms with Crippen molar-refractivity contribution in [2.75, 3.05) is 0 Å². The molecule has 12 heavy (non-hydrogen) atoms. The second-order valence-corrected chi connectivity index (χ2v) is 53.1. The van der Waals surface area contributed by atoms with Gasteiger partial charge in [0.15, 0.2) is 0 Å². The molecular weight excluding hydrogens is 636 g/mol. The first-order chi connectivity index (χ1) is 5.21. The zero-order valence-electron chi connectivity index (χ0n) is 7.34. The van der Waals surface area contributed by atoms with Gasteiger partial charge in [-0.25, -0.2) is 0 Å². The lowest BCUT2D eigenvalue weighted by Crippen LogP contribution is -2.14. The largest absolute Gasteiger partial charge is 0.253 e. The molecule has 74 valence electrons. The molecule has 0 heterocycles. The van der Waals surface area contributed by atoms with Crippen LogP contribution in [-0.4, -0.2) is 6.13 Å². The van der Waals surface area contributed by atoms with E-state index in [1.807, 2.05) is 0 Å². The normalized spacial score (nSPS) is 13.5. The third-order valence-electron chi connectivity index (χ3n) is 1.48. The van der Waals surface area contributed by atoms with Crippen molar-refractivity contribution in [3.63, 3.8) is 0 Å². The Hall–Kier alpha value is 3.35. The van der Waals surface area contributed by atoms with Crippen LogP contribution in [0, 0.1) is 0 Å². The number of halogens is 4. The van der Waals surface area contributed by atoms with Gasteiger partial charge < -0.3 is 0 Å². The summed E-state index contributed by atoms with van der Waals surface area (Å²) in [5, 5.41) is 0. The number of hydrogen-bond donors (Lipinski definition) is 0. The van der Waals surface area contributed by atoms with E-state index in [0.29, 0.717) is 0 Å². The van der Waals surface area contributed by atoms with E-state index in [1.54, 1.807) is 0 Å². The molecule has 6 heteroatoms. The lowest BCUT2D eigenvalue weighted by Gasteiger charge is -2.14. The van der Waals surface area contributed by atoms with Crippen LogP contribution in [0.1, 0.15) is 12.8 Å². The maximum atomic E-state index is 2.68. The van der Waals surface area contributed by atoms with Crippen LogP contribution in [0.15, 0.2) is 0 Å². The predicted molar refractivity (Wildman–Crippen MR) is 98.2 cm³/mol. The standard InChI is InChI=1S/C6H14I4Si2/c1-11(2,7)5-3-4-6-12(8,9)10/h3-6H2,1-2H3. The fourth-order valence-corrected chi connectivity index (χ4v) is 7.19. The molecule has 0 aliphatic heterocycles. The molecule has 0 saturated carbocycles. The maximum absolute atomic E-state index is 2.68. The topological polar surface area (TPSA) is 0 Å². The van der Waals surface area contributed by atoms with Crippen molar-refractivity contribution in [2.24, 2.45) is 0 Å². The number of rotatable bonds is 5. The van der Waals surface area contributed by atoms with E-state index in [9.17, 15) is 0 Å². The van der Waals surface area contributed by atoms with Crippen LogP contribution in [0.25, 0.3) is 0 Å². The zero-order valence-corrected chi connectivity index (χ0v) is 18.0. The molecule has 0 aromatic heterocycles. The highest BCUT2D eigenvalue weighted by Crippen LogP contribution is 2.36. The van der Waals surface area contributed by atoms with Gasteiger partial charge in [0.05, 0.1) is 0 Å². The Morgan fingerprint density at radius 3 is 1.58 bits per heavy atom. The first-order valence-corrected chi connectivity index (χ1v) is 21.8. The van der Waals surface area contributed by atoms with Crippen molar-refractivity contribution in [2.45, 2.75) is 38.0 Å². The molecule has 0 nitrogen and oxygen atoms in total. The minimum absolute atomic E-state index is 0.775. The minimum Gasteiger partial charge on any atom is -0.119 e. The molecule has 0 rings (SSSR count). The predicted octanol–water partition coefficient (Wildman–Crippen LogP) is 5.65. The van der Waals surface area contributed by atoms with E-state index in [-0.39, 0.29) is 0 Å². The molecule has 0 aromatic carbocycles. The van der Waals surface area contributed by atoms with E-state index in [0.717, 1.165) is 0 Å². The summed E-state index contributed by atoms with van der Waals surface area (Å²) < 4.78 is -0.831. The molecule has 0 radical (unpaired) electrons. The highest BCUT2D eigenvalue weighted by molar-refractivity contribution is 14.4. The highest BCUT2D eigenvalue weighted by Gasteiger charge is 2.21. The Bertz CT molecular complexity index is 110. The Balaban J connectivity index is 3.35. The molecule has 0 aliphatic carbocycles. The van der Waals surface area contributed by atoms with Gasteiger partial charge in [0.1, 0.15) is 5.57 Å². The quantitative estimate of drug-likeness (QED) is 0.156. The fraction of sp³-hybridized carbons (Fsp3) is 1.00. The molecule has 0 spiro atoms. The van der Waals surface area contributed by atoms with Crippen molar-refractivity contribution in [1.29, 1.82) is 0 Å². The van der Waals surface area contributed by atoms with E-state index < -0.39 is 6.13 Å². The van der Waals surface area contributed by atoms with Gasteiger partial charge in [0, 0.05) is 0 Å². The Morgan fingerprint density at radius 1 is 0.833 bits per heavy atom. The van der Waals surface area contributed by atoms with Gasteiger partial charge in [-0.2, -0.15) is 0 Å². The van der Waals surface area contributed by atoms with Crippen LogP contribution in [0.4, 0.5) is 0 Å². The van der Waals surface area contributed by atoms with Crippen LogP contribution in [0.3, 0.4) is 0 Å². The van der Waals surface area contributed by atoms with Gasteiger partial charge in [-0.05, 0) is 12.1 Å². The van der Waals surface area contributed by atoms with E-state index in [2.05, 4.69) is 100 Å². The fourth-order valence-electron chi connectivity index (χ4n) is 0.871. The number of unbranched alkanes of at least 4 members (excludes halogenated alkanes) is 1. The molecule has 0 bridgehead atoms. The van der Waals surface area contributed by atoms with Gasteiger partial charge in [-0.1, -0.05) is 91.3 Å². The van der Waals surface area contributed by atoms with Crippen molar-refractivity contribution in [3.05, 3.63) is 0 Å². The van der Waals surface area contributed by atoms with Crippen LogP contribution in [-0.2, 0) is 0 Å².